The summed E-state index contributed by atoms with van der Waals surface area (Å²) >= 11 is 5.04. The van der Waals surface area contributed by atoms with E-state index in [1.54, 1.807) is 0 Å². The first-order valence-electron chi connectivity index (χ1n) is 6.70. The molecule has 0 atom stereocenters. The molecule has 0 aliphatic rings. The Bertz CT molecular complexity index is 193. The number of carbonyl (C=O) groups is 1. The fraction of sp³-hybridized carbons (Fsp3) is 0.786. The number of hydrogen-bond acceptors (Lipinski definition) is 2. The molecule has 0 saturated heterocycles. The van der Waals surface area contributed by atoms with Crippen molar-refractivity contribution in [3.8, 4) is 0 Å². The van der Waals surface area contributed by atoms with Crippen molar-refractivity contribution in [3.05, 3.63) is 12.7 Å². The second-order valence-corrected chi connectivity index (χ2v) is 4.65. The van der Waals surface area contributed by atoms with Gasteiger partial charge in [-0.3, -0.25) is 0 Å². The lowest BCUT2D eigenvalue weighted by atomic mass is 10.1. The molecule has 17 heavy (non-hydrogen) atoms. The minimum atomic E-state index is -0.690. The first kappa shape index (κ1) is 16.5. The van der Waals surface area contributed by atoms with E-state index in [2.05, 4.69) is 11.3 Å². The van der Waals surface area contributed by atoms with Gasteiger partial charge in [0.2, 0.25) is 0 Å². The van der Waals surface area contributed by atoms with Crippen LogP contribution in [0.1, 0.15) is 64.2 Å². The number of allylic oxidation sites excluding steroid dienone is 1. The Kier molecular flexibility index (Phi) is 13.2. The summed E-state index contributed by atoms with van der Waals surface area (Å²) in [6.45, 7) is 4.18. The topological polar surface area (TPSA) is 26.3 Å². The Balaban J connectivity index is 2.94. The van der Waals surface area contributed by atoms with Crippen molar-refractivity contribution in [2.75, 3.05) is 6.61 Å². The van der Waals surface area contributed by atoms with E-state index in [0.29, 0.717) is 6.61 Å². The fourth-order valence-corrected chi connectivity index (χ4v) is 1.86. The van der Waals surface area contributed by atoms with Crippen molar-refractivity contribution in [1.82, 2.24) is 0 Å². The number of hydrogen-bond donors (Lipinski definition) is 0. The molecule has 0 bridgehead atoms. The predicted octanol–water partition coefficient (Wildman–Crippen LogP) is 5.45. The van der Waals surface area contributed by atoms with Crippen LogP contribution in [0.25, 0.3) is 0 Å². The van der Waals surface area contributed by atoms with Crippen molar-refractivity contribution in [2.24, 2.45) is 0 Å². The quantitative estimate of drug-likeness (QED) is 0.265. The van der Waals surface area contributed by atoms with Gasteiger partial charge in [0.15, 0.2) is 0 Å². The molecule has 0 heterocycles. The molecular weight excluding hydrogens is 236 g/mol. The van der Waals surface area contributed by atoms with Crippen molar-refractivity contribution in [1.29, 1.82) is 0 Å². The number of halogens is 1. The number of unbranched alkanes of at least 4 members (excludes halogenated alkanes) is 9. The third kappa shape index (κ3) is 15.5. The highest BCUT2D eigenvalue weighted by Crippen LogP contribution is 2.10. The van der Waals surface area contributed by atoms with E-state index in [-0.39, 0.29) is 0 Å². The van der Waals surface area contributed by atoms with E-state index in [1.807, 2.05) is 6.08 Å². The standard InChI is InChI=1S/C14H25ClO2/c1-2-3-4-5-6-7-8-9-10-11-12-13-17-14(15)16/h2H,1,3-13H2. The Hall–Kier alpha value is -0.500. The second kappa shape index (κ2) is 13.6. The predicted molar refractivity (Wildman–Crippen MR) is 73.6 cm³/mol. The first-order chi connectivity index (χ1) is 8.27. The van der Waals surface area contributed by atoms with Gasteiger partial charge in [-0.05, 0) is 19.3 Å². The molecule has 0 aliphatic heterocycles. The van der Waals surface area contributed by atoms with Crippen LogP contribution in [0.5, 0.6) is 0 Å². The molecule has 0 spiro atoms. The molecule has 2 nitrogen and oxygen atoms in total. The maximum Gasteiger partial charge on any atom is 0.403 e. The van der Waals surface area contributed by atoms with Gasteiger partial charge in [-0.15, -0.1) is 6.58 Å². The highest BCUT2D eigenvalue weighted by molar-refractivity contribution is 6.61. The van der Waals surface area contributed by atoms with Gasteiger partial charge in [0, 0.05) is 11.6 Å². The van der Waals surface area contributed by atoms with E-state index in [4.69, 9.17) is 11.6 Å². The lowest BCUT2D eigenvalue weighted by Gasteiger charge is -2.02. The highest BCUT2D eigenvalue weighted by Gasteiger charge is 1.95. The third-order valence-corrected chi connectivity index (χ3v) is 2.88. The van der Waals surface area contributed by atoms with Crippen LogP contribution >= 0.6 is 11.6 Å². The van der Waals surface area contributed by atoms with Gasteiger partial charge >= 0.3 is 5.43 Å². The van der Waals surface area contributed by atoms with Crippen molar-refractivity contribution < 1.29 is 9.53 Å². The van der Waals surface area contributed by atoms with Gasteiger partial charge in [-0.2, -0.15) is 0 Å². The van der Waals surface area contributed by atoms with Crippen molar-refractivity contribution >= 4 is 17.0 Å². The van der Waals surface area contributed by atoms with Gasteiger partial charge in [-0.25, -0.2) is 4.79 Å². The summed E-state index contributed by atoms with van der Waals surface area (Å²) < 4.78 is 4.64. The molecule has 0 aromatic carbocycles. The molecule has 0 aromatic rings. The fourth-order valence-electron chi connectivity index (χ4n) is 1.78. The van der Waals surface area contributed by atoms with E-state index >= 15 is 0 Å². The van der Waals surface area contributed by atoms with Crippen molar-refractivity contribution in [3.63, 3.8) is 0 Å². The minimum Gasteiger partial charge on any atom is -0.454 e. The van der Waals surface area contributed by atoms with Gasteiger partial charge < -0.3 is 4.74 Å². The molecular formula is C14H25ClO2. The maximum atomic E-state index is 10.3. The Morgan fingerprint density at radius 2 is 1.41 bits per heavy atom. The van der Waals surface area contributed by atoms with Crippen LogP contribution in [0.4, 0.5) is 4.79 Å². The zero-order valence-corrected chi connectivity index (χ0v) is 11.5. The SMILES string of the molecule is C=CCCCCCCCCCCCOC(=O)Cl. The molecule has 0 rings (SSSR count). The van der Waals surface area contributed by atoms with Crippen LogP contribution < -0.4 is 0 Å². The molecule has 0 fully saturated rings. The van der Waals surface area contributed by atoms with Crippen LogP contribution in [0.3, 0.4) is 0 Å². The van der Waals surface area contributed by atoms with E-state index < -0.39 is 5.43 Å². The highest BCUT2D eigenvalue weighted by atomic mass is 35.5. The average molecular weight is 261 g/mol. The zero-order chi connectivity index (χ0) is 12.8. The molecule has 100 valence electrons. The van der Waals surface area contributed by atoms with Crippen LogP contribution in [0.2, 0.25) is 0 Å². The van der Waals surface area contributed by atoms with Crippen LogP contribution in [0.15, 0.2) is 12.7 Å². The number of carbonyl (C=O) groups excluding carboxylic acids is 1. The monoisotopic (exact) mass is 260 g/mol. The van der Waals surface area contributed by atoms with Crippen LogP contribution in [0, 0.1) is 0 Å². The Morgan fingerprint density at radius 1 is 0.941 bits per heavy atom. The lowest BCUT2D eigenvalue weighted by molar-refractivity contribution is 0.170. The minimum absolute atomic E-state index is 0.462. The van der Waals surface area contributed by atoms with Crippen LogP contribution in [-0.4, -0.2) is 12.0 Å². The van der Waals surface area contributed by atoms with Gasteiger partial charge in [0.25, 0.3) is 0 Å². The molecule has 0 aliphatic carbocycles. The summed E-state index contributed by atoms with van der Waals surface area (Å²) in [4.78, 5) is 10.3. The third-order valence-electron chi connectivity index (χ3n) is 2.77. The summed E-state index contributed by atoms with van der Waals surface area (Å²) in [6, 6.07) is 0. The molecule has 0 unspecified atom stereocenters. The lowest BCUT2D eigenvalue weighted by Crippen LogP contribution is -1.96. The Morgan fingerprint density at radius 3 is 1.88 bits per heavy atom. The smallest absolute Gasteiger partial charge is 0.403 e. The summed E-state index contributed by atoms with van der Waals surface area (Å²) in [7, 11) is 0. The largest absolute Gasteiger partial charge is 0.454 e. The van der Waals surface area contributed by atoms with Crippen LogP contribution in [-0.2, 0) is 4.74 Å². The molecule has 0 radical (unpaired) electrons. The molecule has 0 aromatic heterocycles. The van der Waals surface area contributed by atoms with Gasteiger partial charge in [0.05, 0.1) is 6.61 Å². The number of ether oxygens (including phenoxy) is 1. The maximum absolute atomic E-state index is 10.3. The Labute approximate surface area is 110 Å². The summed E-state index contributed by atoms with van der Waals surface area (Å²) in [5.74, 6) is 0. The van der Waals surface area contributed by atoms with Gasteiger partial charge in [0.1, 0.15) is 0 Å². The normalized spacial score (nSPS) is 10.2. The summed E-state index contributed by atoms with van der Waals surface area (Å²) in [6.07, 6.45) is 14.3. The molecule has 0 N–H and O–H groups in total. The summed E-state index contributed by atoms with van der Waals surface area (Å²) in [5.41, 5.74) is -0.690. The average Bonchev–Trinajstić information content (AvgIpc) is 2.30. The molecule has 3 heteroatoms. The van der Waals surface area contributed by atoms with Gasteiger partial charge in [-0.1, -0.05) is 51.0 Å². The van der Waals surface area contributed by atoms with E-state index in [9.17, 15) is 4.79 Å². The summed E-state index contributed by atoms with van der Waals surface area (Å²) in [5, 5.41) is 0. The van der Waals surface area contributed by atoms with E-state index in [1.165, 1.54) is 44.9 Å². The zero-order valence-electron chi connectivity index (χ0n) is 10.8. The first-order valence-corrected chi connectivity index (χ1v) is 7.08. The second-order valence-electron chi connectivity index (χ2n) is 4.35. The molecule has 0 saturated carbocycles. The molecule has 0 amide bonds. The van der Waals surface area contributed by atoms with E-state index in [0.717, 1.165) is 19.3 Å². The van der Waals surface area contributed by atoms with Crippen molar-refractivity contribution in [2.45, 2.75) is 64.2 Å². The number of rotatable bonds is 12.